The zero-order valence-electron chi connectivity index (χ0n) is 17.9. The van der Waals surface area contributed by atoms with Gasteiger partial charge in [-0.3, -0.25) is 4.79 Å². The summed E-state index contributed by atoms with van der Waals surface area (Å²) in [7, 11) is 0. The van der Waals surface area contributed by atoms with E-state index in [4.69, 9.17) is 10.1 Å². The zero-order valence-corrected chi connectivity index (χ0v) is 17.9. The largest absolute Gasteiger partial charge is 0.353 e. The van der Waals surface area contributed by atoms with E-state index < -0.39 is 0 Å². The first-order chi connectivity index (χ1) is 13.9. The van der Waals surface area contributed by atoms with Crippen LogP contribution in [0.4, 0.5) is 0 Å². The average molecular weight is 391 g/mol. The molecule has 0 radical (unpaired) electrons. The number of aryl methyl sites for hydroxylation is 4. The molecule has 1 saturated carbocycles. The Labute approximate surface area is 172 Å². The predicted octanol–water partition coefficient (Wildman–Crippen LogP) is 4.65. The fraction of sp³-hybridized carbons (Fsp3) is 0.458. The molecule has 2 aromatic heterocycles. The Morgan fingerprint density at radius 3 is 2.45 bits per heavy atom. The van der Waals surface area contributed by atoms with Crippen LogP contribution in [-0.4, -0.2) is 26.7 Å². The number of pyridine rings is 1. The van der Waals surface area contributed by atoms with E-state index in [1.807, 2.05) is 18.5 Å². The van der Waals surface area contributed by atoms with E-state index in [2.05, 4.69) is 43.4 Å². The van der Waals surface area contributed by atoms with Crippen LogP contribution in [0.1, 0.15) is 60.2 Å². The Balaban J connectivity index is 1.62. The zero-order chi connectivity index (χ0) is 20.5. The highest BCUT2D eigenvalue weighted by atomic mass is 16.1. The van der Waals surface area contributed by atoms with Crippen LogP contribution in [-0.2, 0) is 11.2 Å². The maximum absolute atomic E-state index is 12.4. The Kier molecular flexibility index (Phi) is 5.39. The van der Waals surface area contributed by atoms with Crippen LogP contribution in [0, 0.1) is 27.7 Å². The number of fused-ring (bicyclic) bond motifs is 1. The van der Waals surface area contributed by atoms with Crippen LogP contribution < -0.4 is 5.32 Å². The number of amides is 1. The van der Waals surface area contributed by atoms with Crippen molar-refractivity contribution in [1.82, 2.24) is 20.1 Å². The molecule has 1 N–H and O–H groups in total. The molecule has 0 saturated heterocycles. The summed E-state index contributed by atoms with van der Waals surface area (Å²) in [4.78, 5) is 17.3. The molecular weight excluding hydrogens is 360 g/mol. The maximum Gasteiger partial charge on any atom is 0.220 e. The molecule has 1 aliphatic carbocycles. The summed E-state index contributed by atoms with van der Waals surface area (Å²) in [5.41, 5.74) is 7.45. The number of benzene rings is 1. The SMILES string of the molecule is Cc1ccc(-n2nc(C)c3c(C)c(CCC(=O)NC4CCCC4)c(C)nc32)cc1. The summed E-state index contributed by atoms with van der Waals surface area (Å²) >= 11 is 0. The highest BCUT2D eigenvalue weighted by Crippen LogP contribution is 2.28. The monoisotopic (exact) mass is 390 g/mol. The summed E-state index contributed by atoms with van der Waals surface area (Å²) < 4.78 is 1.93. The van der Waals surface area contributed by atoms with Crippen molar-refractivity contribution >= 4 is 16.9 Å². The Morgan fingerprint density at radius 1 is 1.07 bits per heavy atom. The molecule has 1 aliphatic rings. The van der Waals surface area contributed by atoms with Crippen molar-refractivity contribution in [1.29, 1.82) is 0 Å². The lowest BCUT2D eigenvalue weighted by atomic mass is 9.99. The van der Waals surface area contributed by atoms with E-state index in [1.165, 1.54) is 29.5 Å². The molecular formula is C24H30N4O. The van der Waals surface area contributed by atoms with Crippen molar-refractivity contribution in [3.05, 3.63) is 52.3 Å². The molecule has 1 amide bonds. The van der Waals surface area contributed by atoms with Crippen molar-refractivity contribution < 1.29 is 4.79 Å². The van der Waals surface area contributed by atoms with Crippen molar-refractivity contribution in [3.63, 3.8) is 0 Å². The van der Waals surface area contributed by atoms with Crippen molar-refractivity contribution in [3.8, 4) is 5.69 Å². The van der Waals surface area contributed by atoms with Crippen LogP contribution >= 0.6 is 0 Å². The number of nitrogens with one attached hydrogen (secondary N) is 1. The summed E-state index contributed by atoms with van der Waals surface area (Å²) in [5, 5.41) is 9.06. The van der Waals surface area contributed by atoms with Crippen LogP contribution in [0.25, 0.3) is 16.7 Å². The Morgan fingerprint density at radius 2 is 1.76 bits per heavy atom. The molecule has 0 bridgehead atoms. The third kappa shape index (κ3) is 3.91. The normalized spacial score (nSPS) is 14.6. The third-order valence-corrected chi connectivity index (χ3v) is 6.17. The lowest BCUT2D eigenvalue weighted by Crippen LogP contribution is -2.32. The standard InChI is InChI=1S/C24H30N4O/c1-15-9-11-20(12-10-15)28-24-23(18(4)27-28)16(2)21(17(3)25-24)13-14-22(29)26-19-7-5-6-8-19/h9-12,19H,5-8,13-14H2,1-4H3,(H,26,29). The molecule has 5 nitrogen and oxygen atoms in total. The molecule has 0 spiro atoms. The number of hydrogen-bond donors (Lipinski definition) is 1. The van der Waals surface area contributed by atoms with E-state index in [0.29, 0.717) is 18.9 Å². The van der Waals surface area contributed by atoms with Crippen molar-refractivity contribution in [2.75, 3.05) is 0 Å². The topological polar surface area (TPSA) is 59.8 Å². The maximum atomic E-state index is 12.4. The molecule has 0 atom stereocenters. The summed E-state index contributed by atoms with van der Waals surface area (Å²) in [6, 6.07) is 8.72. The van der Waals surface area contributed by atoms with Crippen LogP contribution in [0.15, 0.2) is 24.3 Å². The number of nitrogens with zero attached hydrogens (tertiary/aromatic N) is 3. The van der Waals surface area contributed by atoms with Crippen LogP contribution in [0.2, 0.25) is 0 Å². The summed E-state index contributed by atoms with van der Waals surface area (Å²) in [5.74, 6) is 0.155. The molecule has 3 aromatic rings. The van der Waals surface area contributed by atoms with Crippen molar-refractivity contribution in [2.24, 2.45) is 0 Å². The van der Waals surface area contributed by atoms with Gasteiger partial charge in [-0.05, 0) is 70.2 Å². The number of hydrogen-bond acceptors (Lipinski definition) is 3. The first-order valence-corrected chi connectivity index (χ1v) is 10.7. The predicted molar refractivity (Wildman–Crippen MR) is 117 cm³/mol. The molecule has 0 aliphatic heterocycles. The Bertz CT molecular complexity index is 1040. The first-order valence-electron chi connectivity index (χ1n) is 10.7. The van der Waals surface area contributed by atoms with Gasteiger partial charge in [0, 0.05) is 23.5 Å². The number of rotatable bonds is 5. The van der Waals surface area contributed by atoms with Gasteiger partial charge in [0.1, 0.15) is 0 Å². The minimum absolute atomic E-state index is 0.155. The second-order valence-corrected chi connectivity index (χ2v) is 8.38. The van der Waals surface area contributed by atoms with Gasteiger partial charge in [-0.15, -0.1) is 0 Å². The molecule has 152 valence electrons. The highest BCUT2D eigenvalue weighted by Gasteiger charge is 2.20. The third-order valence-electron chi connectivity index (χ3n) is 6.17. The van der Waals surface area contributed by atoms with Gasteiger partial charge in [-0.25, -0.2) is 9.67 Å². The van der Waals surface area contributed by atoms with Gasteiger partial charge < -0.3 is 5.32 Å². The molecule has 1 aromatic carbocycles. The number of carbonyl (C=O) groups excluding carboxylic acids is 1. The second-order valence-electron chi connectivity index (χ2n) is 8.38. The smallest absolute Gasteiger partial charge is 0.220 e. The van der Waals surface area contributed by atoms with Crippen molar-refractivity contribution in [2.45, 2.75) is 72.3 Å². The fourth-order valence-corrected chi connectivity index (χ4v) is 4.55. The lowest BCUT2D eigenvalue weighted by molar-refractivity contribution is -0.121. The highest BCUT2D eigenvalue weighted by molar-refractivity contribution is 5.85. The van der Waals surface area contributed by atoms with Gasteiger partial charge >= 0.3 is 0 Å². The van der Waals surface area contributed by atoms with Crippen LogP contribution in [0.5, 0.6) is 0 Å². The van der Waals surface area contributed by atoms with Gasteiger partial charge in [-0.2, -0.15) is 5.10 Å². The van der Waals surface area contributed by atoms with Gasteiger partial charge in [0.15, 0.2) is 5.65 Å². The average Bonchev–Trinajstić information content (AvgIpc) is 3.30. The van der Waals surface area contributed by atoms with Gasteiger partial charge in [-0.1, -0.05) is 30.5 Å². The minimum Gasteiger partial charge on any atom is -0.353 e. The quantitative estimate of drug-likeness (QED) is 0.690. The summed E-state index contributed by atoms with van der Waals surface area (Å²) in [6.45, 7) is 8.29. The van der Waals surface area contributed by atoms with Gasteiger partial charge in [0.25, 0.3) is 0 Å². The summed E-state index contributed by atoms with van der Waals surface area (Å²) in [6.07, 6.45) is 5.93. The van der Waals surface area contributed by atoms with E-state index in [9.17, 15) is 4.79 Å². The van der Waals surface area contributed by atoms with E-state index in [0.717, 1.165) is 41.0 Å². The fourth-order valence-electron chi connectivity index (χ4n) is 4.55. The Hall–Kier alpha value is -2.69. The molecule has 5 heteroatoms. The number of aromatic nitrogens is 3. The lowest BCUT2D eigenvalue weighted by Gasteiger charge is -2.14. The van der Waals surface area contributed by atoms with E-state index >= 15 is 0 Å². The van der Waals surface area contributed by atoms with Gasteiger partial charge in [0.2, 0.25) is 5.91 Å². The van der Waals surface area contributed by atoms with E-state index in [1.54, 1.807) is 0 Å². The molecule has 4 rings (SSSR count). The van der Waals surface area contributed by atoms with E-state index in [-0.39, 0.29) is 5.91 Å². The van der Waals surface area contributed by atoms with Crippen LogP contribution in [0.3, 0.4) is 0 Å². The van der Waals surface area contributed by atoms with Gasteiger partial charge in [0.05, 0.1) is 11.4 Å². The second kappa shape index (κ2) is 7.97. The molecule has 2 heterocycles. The molecule has 0 unspecified atom stereocenters. The first kappa shape index (κ1) is 19.6. The molecule has 29 heavy (non-hydrogen) atoms. The number of carbonyl (C=O) groups is 1. The minimum atomic E-state index is 0.155. The molecule has 1 fully saturated rings.